The Morgan fingerprint density at radius 2 is 2.12 bits per heavy atom. The number of carbonyl (C=O) groups is 1. The zero-order valence-corrected chi connectivity index (χ0v) is 14.5. The number of rotatable bonds is 3. The van der Waals surface area contributed by atoms with Gasteiger partial charge in [-0.15, -0.1) is 0 Å². The molecule has 0 saturated carbocycles. The molecule has 1 N–H and O–H groups in total. The predicted octanol–water partition coefficient (Wildman–Crippen LogP) is 3.24. The first kappa shape index (κ1) is 15.7. The minimum atomic E-state index is -0.179. The van der Waals surface area contributed by atoms with E-state index in [2.05, 4.69) is 39.1 Å². The van der Waals surface area contributed by atoms with Gasteiger partial charge in [-0.05, 0) is 37.1 Å². The first-order chi connectivity index (χ1) is 12.2. The van der Waals surface area contributed by atoms with E-state index < -0.39 is 0 Å². The molecule has 5 nitrogen and oxygen atoms in total. The number of nitrogens with zero attached hydrogens (tertiary/aromatic N) is 2. The summed E-state index contributed by atoms with van der Waals surface area (Å²) >= 11 is 0. The van der Waals surface area contributed by atoms with Crippen LogP contribution in [0.2, 0.25) is 0 Å². The molecule has 3 aromatic rings. The number of ether oxygens (including phenoxy) is 1. The molecule has 2 aromatic heterocycles. The number of aromatic nitrogens is 2. The van der Waals surface area contributed by atoms with E-state index in [-0.39, 0.29) is 11.8 Å². The number of methoxy groups -OCH3 is 1. The third kappa shape index (κ3) is 2.76. The fraction of sp³-hybridized carbons (Fsp3) is 0.300. The summed E-state index contributed by atoms with van der Waals surface area (Å²) in [6, 6.07) is 12.3. The summed E-state index contributed by atoms with van der Waals surface area (Å²) in [5, 5.41) is 4.10. The van der Waals surface area contributed by atoms with Crippen molar-refractivity contribution >= 4 is 16.8 Å². The van der Waals surface area contributed by atoms with Crippen LogP contribution in [0.25, 0.3) is 22.2 Å². The summed E-state index contributed by atoms with van der Waals surface area (Å²) in [4.78, 5) is 16.8. The maximum atomic E-state index is 12.2. The summed E-state index contributed by atoms with van der Waals surface area (Å²) in [5.41, 5.74) is 3.94. The lowest BCUT2D eigenvalue weighted by Gasteiger charge is -2.23. The molecule has 0 bridgehead atoms. The highest BCUT2D eigenvalue weighted by Gasteiger charge is 2.27. The average Bonchev–Trinajstić information content (AvgIpc) is 3.02. The van der Waals surface area contributed by atoms with E-state index in [1.807, 2.05) is 25.4 Å². The number of amides is 1. The van der Waals surface area contributed by atoms with Crippen LogP contribution in [-0.4, -0.2) is 29.1 Å². The number of carbonyl (C=O) groups excluding carboxylic acids is 1. The highest BCUT2D eigenvalue weighted by molar-refractivity contribution is 5.86. The number of aryl methyl sites for hydroxylation is 1. The summed E-state index contributed by atoms with van der Waals surface area (Å²) in [6.07, 6.45) is 3.86. The van der Waals surface area contributed by atoms with Crippen LogP contribution >= 0.6 is 0 Å². The predicted molar refractivity (Wildman–Crippen MR) is 97.7 cm³/mol. The minimum Gasteiger partial charge on any atom is -0.481 e. The Kier molecular flexibility index (Phi) is 3.92. The highest BCUT2D eigenvalue weighted by Crippen LogP contribution is 2.33. The molecule has 1 aromatic carbocycles. The Balaban J connectivity index is 1.74. The molecule has 1 atom stereocenters. The Hall–Kier alpha value is -2.82. The number of hydrogen-bond donors (Lipinski definition) is 1. The van der Waals surface area contributed by atoms with Gasteiger partial charge in [0.25, 0.3) is 0 Å². The molecule has 0 aliphatic carbocycles. The van der Waals surface area contributed by atoms with Crippen molar-refractivity contribution < 1.29 is 9.53 Å². The van der Waals surface area contributed by atoms with Crippen molar-refractivity contribution in [1.82, 2.24) is 14.9 Å². The molecule has 1 fully saturated rings. The SMILES string of the molecule is COc1nc(-c2ccc3c(ccn3C)c2)ccc1C1CCCNC1=O. The van der Waals surface area contributed by atoms with Crippen LogP contribution in [0.4, 0.5) is 0 Å². The van der Waals surface area contributed by atoms with Gasteiger partial charge in [0, 0.05) is 41.8 Å². The van der Waals surface area contributed by atoms with Crippen LogP contribution in [0, 0.1) is 0 Å². The van der Waals surface area contributed by atoms with Gasteiger partial charge in [0.05, 0.1) is 18.7 Å². The maximum Gasteiger partial charge on any atom is 0.227 e. The van der Waals surface area contributed by atoms with Crippen molar-refractivity contribution in [1.29, 1.82) is 0 Å². The van der Waals surface area contributed by atoms with Gasteiger partial charge in [-0.1, -0.05) is 12.1 Å². The topological polar surface area (TPSA) is 56.1 Å². The molecular weight excluding hydrogens is 314 g/mol. The molecule has 25 heavy (non-hydrogen) atoms. The van der Waals surface area contributed by atoms with Gasteiger partial charge in [0.1, 0.15) is 0 Å². The van der Waals surface area contributed by atoms with Crippen molar-refractivity contribution in [2.45, 2.75) is 18.8 Å². The van der Waals surface area contributed by atoms with E-state index in [0.29, 0.717) is 5.88 Å². The molecule has 1 aliphatic heterocycles. The van der Waals surface area contributed by atoms with Gasteiger partial charge in [-0.2, -0.15) is 0 Å². The van der Waals surface area contributed by atoms with Gasteiger partial charge in [-0.3, -0.25) is 4.79 Å². The third-order valence-electron chi connectivity index (χ3n) is 4.92. The largest absolute Gasteiger partial charge is 0.481 e. The van der Waals surface area contributed by atoms with Gasteiger partial charge in [0.15, 0.2) is 0 Å². The standard InChI is InChI=1S/C20H21N3O2/c1-23-11-9-14-12-13(5-8-18(14)23)17-7-6-16(20(22-17)25-2)15-4-3-10-21-19(15)24/h5-9,11-12,15H,3-4,10H2,1-2H3,(H,21,24). The first-order valence-electron chi connectivity index (χ1n) is 8.55. The van der Waals surface area contributed by atoms with E-state index in [4.69, 9.17) is 4.74 Å². The Labute approximate surface area is 146 Å². The smallest absolute Gasteiger partial charge is 0.227 e. The van der Waals surface area contributed by atoms with Gasteiger partial charge in [-0.25, -0.2) is 4.98 Å². The van der Waals surface area contributed by atoms with Crippen LogP contribution in [0.5, 0.6) is 5.88 Å². The van der Waals surface area contributed by atoms with Crippen LogP contribution in [0.3, 0.4) is 0 Å². The molecule has 128 valence electrons. The zero-order valence-electron chi connectivity index (χ0n) is 14.5. The summed E-state index contributed by atoms with van der Waals surface area (Å²) in [5.74, 6) is 0.416. The summed E-state index contributed by atoms with van der Waals surface area (Å²) in [6.45, 7) is 0.750. The number of benzene rings is 1. The van der Waals surface area contributed by atoms with E-state index >= 15 is 0 Å². The number of fused-ring (bicyclic) bond motifs is 1. The van der Waals surface area contributed by atoms with Gasteiger partial charge < -0.3 is 14.6 Å². The molecule has 0 radical (unpaired) electrons. The van der Waals surface area contributed by atoms with Crippen molar-refractivity contribution in [2.24, 2.45) is 7.05 Å². The zero-order chi connectivity index (χ0) is 17.4. The van der Waals surface area contributed by atoms with Crippen molar-refractivity contribution in [3.8, 4) is 17.1 Å². The van der Waals surface area contributed by atoms with E-state index in [1.54, 1.807) is 7.11 Å². The van der Waals surface area contributed by atoms with Crippen molar-refractivity contribution in [3.05, 3.63) is 48.2 Å². The Morgan fingerprint density at radius 3 is 2.92 bits per heavy atom. The summed E-state index contributed by atoms with van der Waals surface area (Å²) < 4.78 is 7.60. The van der Waals surface area contributed by atoms with E-state index in [1.165, 1.54) is 10.9 Å². The Morgan fingerprint density at radius 1 is 1.24 bits per heavy atom. The molecule has 5 heteroatoms. The van der Waals surface area contributed by atoms with Crippen LogP contribution < -0.4 is 10.1 Å². The molecule has 0 spiro atoms. The number of nitrogens with one attached hydrogen (secondary N) is 1. The fourth-order valence-corrected chi connectivity index (χ4v) is 3.55. The molecule has 4 rings (SSSR count). The lowest BCUT2D eigenvalue weighted by molar-refractivity contribution is -0.123. The van der Waals surface area contributed by atoms with Crippen molar-refractivity contribution in [3.63, 3.8) is 0 Å². The minimum absolute atomic E-state index is 0.0600. The molecule has 1 aliphatic rings. The quantitative estimate of drug-likeness (QED) is 0.799. The number of pyridine rings is 1. The monoisotopic (exact) mass is 335 g/mol. The normalized spacial score (nSPS) is 17.5. The Bertz CT molecular complexity index is 945. The second-order valence-corrected chi connectivity index (χ2v) is 6.48. The first-order valence-corrected chi connectivity index (χ1v) is 8.55. The van der Waals surface area contributed by atoms with Crippen LogP contribution in [0.1, 0.15) is 24.3 Å². The van der Waals surface area contributed by atoms with Gasteiger partial charge in [0.2, 0.25) is 11.8 Å². The number of piperidine rings is 1. The molecule has 1 unspecified atom stereocenters. The third-order valence-corrected chi connectivity index (χ3v) is 4.92. The molecular formula is C20H21N3O2. The van der Waals surface area contributed by atoms with E-state index in [0.717, 1.165) is 36.2 Å². The molecule has 1 saturated heterocycles. The summed E-state index contributed by atoms with van der Waals surface area (Å²) in [7, 11) is 3.64. The van der Waals surface area contributed by atoms with E-state index in [9.17, 15) is 4.79 Å². The fourth-order valence-electron chi connectivity index (χ4n) is 3.55. The lowest BCUT2D eigenvalue weighted by atomic mass is 9.91. The molecule has 1 amide bonds. The lowest BCUT2D eigenvalue weighted by Crippen LogP contribution is -2.35. The van der Waals surface area contributed by atoms with Gasteiger partial charge >= 0.3 is 0 Å². The van der Waals surface area contributed by atoms with Crippen LogP contribution in [-0.2, 0) is 11.8 Å². The number of hydrogen-bond acceptors (Lipinski definition) is 3. The maximum absolute atomic E-state index is 12.2. The average molecular weight is 335 g/mol. The second-order valence-electron chi connectivity index (χ2n) is 6.48. The van der Waals surface area contributed by atoms with Crippen molar-refractivity contribution in [2.75, 3.05) is 13.7 Å². The molecule has 3 heterocycles. The second kappa shape index (κ2) is 6.24. The van der Waals surface area contributed by atoms with Crippen LogP contribution in [0.15, 0.2) is 42.6 Å². The highest BCUT2D eigenvalue weighted by atomic mass is 16.5.